The molecule has 1 rings (SSSR count). The van der Waals surface area contributed by atoms with E-state index in [9.17, 15) is 4.79 Å². The Balaban J connectivity index is 2.43. The van der Waals surface area contributed by atoms with Gasteiger partial charge in [-0.1, -0.05) is 0 Å². The van der Waals surface area contributed by atoms with Crippen molar-refractivity contribution in [2.24, 2.45) is 0 Å². The number of nitrogens with zero attached hydrogens (tertiary/aromatic N) is 1. The highest BCUT2D eigenvalue weighted by molar-refractivity contribution is 5.73. The van der Waals surface area contributed by atoms with Crippen LogP contribution in [-0.2, 0) is 16.1 Å². The van der Waals surface area contributed by atoms with E-state index in [0.717, 1.165) is 5.56 Å². The maximum atomic E-state index is 10.8. The summed E-state index contributed by atoms with van der Waals surface area (Å²) in [4.78, 5) is 14.6. The van der Waals surface area contributed by atoms with Crippen LogP contribution < -0.4 is 5.32 Å². The van der Waals surface area contributed by atoms with Gasteiger partial charge in [0.1, 0.15) is 6.04 Å². The molecule has 0 fully saturated rings. The number of carboxylic acid groups (broad SMARTS) is 1. The van der Waals surface area contributed by atoms with Crippen LogP contribution in [0.15, 0.2) is 24.5 Å². The molecule has 1 heterocycles. The van der Waals surface area contributed by atoms with Crippen LogP contribution in [0.5, 0.6) is 0 Å². The van der Waals surface area contributed by atoms with Crippen molar-refractivity contribution in [2.75, 3.05) is 13.7 Å². The Labute approximate surface area is 88.1 Å². The molecule has 82 valence electrons. The van der Waals surface area contributed by atoms with Crippen LogP contribution in [0.2, 0.25) is 0 Å². The second kappa shape index (κ2) is 6.10. The molecule has 5 heteroatoms. The summed E-state index contributed by atoms with van der Waals surface area (Å²) in [7, 11) is 1.48. The van der Waals surface area contributed by atoms with Crippen molar-refractivity contribution in [3.05, 3.63) is 30.1 Å². The molecule has 0 spiro atoms. The lowest BCUT2D eigenvalue weighted by Crippen LogP contribution is -2.39. The molecular weight excluding hydrogens is 196 g/mol. The lowest BCUT2D eigenvalue weighted by molar-refractivity contribution is -0.140. The number of rotatable bonds is 6. The Hall–Kier alpha value is -1.46. The molecule has 0 bridgehead atoms. The number of aliphatic carboxylic acids is 1. The molecule has 0 amide bonds. The van der Waals surface area contributed by atoms with E-state index in [1.54, 1.807) is 12.4 Å². The monoisotopic (exact) mass is 210 g/mol. The summed E-state index contributed by atoms with van der Waals surface area (Å²) >= 11 is 0. The van der Waals surface area contributed by atoms with Crippen LogP contribution in [0.25, 0.3) is 0 Å². The minimum Gasteiger partial charge on any atom is -0.480 e. The summed E-state index contributed by atoms with van der Waals surface area (Å²) in [5, 5.41) is 11.7. The standard InChI is InChI=1S/C10H14N2O3/c1-15-7-9(10(13)14)12-6-8-2-4-11-5-3-8/h2-5,9,12H,6-7H2,1H3,(H,13,14). The van der Waals surface area contributed by atoms with E-state index in [-0.39, 0.29) is 6.61 Å². The molecule has 0 saturated heterocycles. The number of methoxy groups -OCH3 is 1. The summed E-state index contributed by atoms with van der Waals surface area (Å²) < 4.78 is 4.80. The van der Waals surface area contributed by atoms with Crippen molar-refractivity contribution in [1.82, 2.24) is 10.3 Å². The Morgan fingerprint density at radius 1 is 1.60 bits per heavy atom. The maximum absolute atomic E-state index is 10.8. The highest BCUT2D eigenvalue weighted by atomic mass is 16.5. The average Bonchev–Trinajstić information content (AvgIpc) is 2.25. The maximum Gasteiger partial charge on any atom is 0.323 e. The Kier molecular flexibility index (Phi) is 4.73. The van der Waals surface area contributed by atoms with Gasteiger partial charge in [0.2, 0.25) is 0 Å². The molecule has 0 aliphatic carbocycles. The lowest BCUT2D eigenvalue weighted by Gasteiger charge is -2.12. The largest absolute Gasteiger partial charge is 0.480 e. The Morgan fingerprint density at radius 3 is 2.80 bits per heavy atom. The SMILES string of the molecule is COCC(NCc1ccncc1)C(=O)O. The van der Waals surface area contributed by atoms with Crippen molar-refractivity contribution in [1.29, 1.82) is 0 Å². The zero-order chi connectivity index (χ0) is 11.1. The van der Waals surface area contributed by atoms with Crippen molar-refractivity contribution in [3.8, 4) is 0 Å². The van der Waals surface area contributed by atoms with Gasteiger partial charge in [-0.05, 0) is 17.7 Å². The summed E-state index contributed by atoms with van der Waals surface area (Å²) in [6, 6.07) is 2.99. The zero-order valence-electron chi connectivity index (χ0n) is 8.51. The fraction of sp³-hybridized carbons (Fsp3) is 0.400. The molecule has 1 unspecified atom stereocenters. The number of ether oxygens (including phenoxy) is 1. The molecule has 5 nitrogen and oxygen atoms in total. The number of pyridine rings is 1. The molecule has 0 saturated carbocycles. The van der Waals surface area contributed by atoms with E-state index >= 15 is 0 Å². The van der Waals surface area contributed by atoms with Gasteiger partial charge in [-0.2, -0.15) is 0 Å². The van der Waals surface area contributed by atoms with Gasteiger partial charge >= 0.3 is 5.97 Å². The quantitative estimate of drug-likeness (QED) is 0.705. The van der Waals surface area contributed by atoms with Crippen molar-refractivity contribution < 1.29 is 14.6 Å². The molecular formula is C10H14N2O3. The number of carboxylic acids is 1. The lowest BCUT2D eigenvalue weighted by atomic mass is 10.2. The smallest absolute Gasteiger partial charge is 0.323 e. The van der Waals surface area contributed by atoms with Gasteiger partial charge in [0.15, 0.2) is 0 Å². The predicted octanol–water partition coefficient (Wildman–Crippen LogP) is 0.271. The molecule has 1 aromatic heterocycles. The predicted molar refractivity (Wildman–Crippen MR) is 54.4 cm³/mol. The number of hydrogen-bond acceptors (Lipinski definition) is 4. The summed E-state index contributed by atoms with van der Waals surface area (Å²) in [5.74, 6) is -0.911. The van der Waals surface area contributed by atoms with Gasteiger partial charge in [-0.3, -0.25) is 15.1 Å². The third-order valence-corrected chi connectivity index (χ3v) is 1.93. The van der Waals surface area contributed by atoms with Crippen LogP contribution in [0.4, 0.5) is 0 Å². The molecule has 1 aromatic rings. The number of nitrogens with one attached hydrogen (secondary N) is 1. The highest BCUT2D eigenvalue weighted by Gasteiger charge is 2.15. The molecule has 0 aromatic carbocycles. The molecule has 0 radical (unpaired) electrons. The van der Waals surface area contributed by atoms with Crippen LogP contribution in [0, 0.1) is 0 Å². The van der Waals surface area contributed by atoms with Crippen molar-refractivity contribution in [2.45, 2.75) is 12.6 Å². The summed E-state index contributed by atoms with van der Waals surface area (Å²) in [6.07, 6.45) is 3.34. The topological polar surface area (TPSA) is 71.5 Å². The minimum atomic E-state index is -0.911. The first kappa shape index (κ1) is 11.6. The fourth-order valence-electron chi connectivity index (χ4n) is 1.13. The van der Waals surface area contributed by atoms with E-state index in [1.807, 2.05) is 12.1 Å². The van der Waals surface area contributed by atoms with Gasteiger partial charge in [-0.25, -0.2) is 0 Å². The van der Waals surface area contributed by atoms with Gasteiger partial charge in [0.05, 0.1) is 6.61 Å². The Bertz CT molecular complexity index is 303. The third-order valence-electron chi connectivity index (χ3n) is 1.93. The molecule has 1 atom stereocenters. The van der Waals surface area contributed by atoms with E-state index in [1.165, 1.54) is 7.11 Å². The molecule has 15 heavy (non-hydrogen) atoms. The van der Waals surface area contributed by atoms with Gasteiger partial charge in [0, 0.05) is 26.0 Å². The second-order valence-corrected chi connectivity index (χ2v) is 3.08. The fourth-order valence-corrected chi connectivity index (χ4v) is 1.13. The van der Waals surface area contributed by atoms with Gasteiger partial charge in [-0.15, -0.1) is 0 Å². The number of hydrogen-bond donors (Lipinski definition) is 2. The van der Waals surface area contributed by atoms with Gasteiger partial charge in [0.25, 0.3) is 0 Å². The molecule has 0 aliphatic heterocycles. The number of carbonyl (C=O) groups is 1. The first-order valence-electron chi connectivity index (χ1n) is 4.58. The molecule has 0 aliphatic rings. The average molecular weight is 210 g/mol. The van der Waals surface area contributed by atoms with E-state index < -0.39 is 12.0 Å². The van der Waals surface area contributed by atoms with Crippen LogP contribution in [0.3, 0.4) is 0 Å². The summed E-state index contributed by atoms with van der Waals surface area (Å²) in [5.41, 5.74) is 0.993. The highest BCUT2D eigenvalue weighted by Crippen LogP contribution is 1.96. The van der Waals surface area contributed by atoms with Crippen molar-refractivity contribution in [3.63, 3.8) is 0 Å². The van der Waals surface area contributed by atoms with Gasteiger partial charge < -0.3 is 9.84 Å². The normalized spacial score (nSPS) is 12.3. The first-order valence-corrected chi connectivity index (χ1v) is 4.58. The van der Waals surface area contributed by atoms with Crippen molar-refractivity contribution >= 4 is 5.97 Å². The van der Waals surface area contributed by atoms with E-state index in [2.05, 4.69) is 10.3 Å². The first-order chi connectivity index (χ1) is 7.24. The molecule has 2 N–H and O–H groups in total. The minimum absolute atomic E-state index is 0.153. The third kappa shape index (κ3) is 4.05. The van der Waals surface area contributed by atoms with Crippen LogP contribution in [0.1, 0.15) is 5.56 Å². The number of aromatic nitrogens is 1. The van der Waals surface area contributed by atoms with Crippen LogP contribution >= 0.6 is 0 Å². The van der Waals surface area contributed by atoms with E-state index in [0.29, 0.717) is 6.54 Å². The van der Waals surface area contributed by atoms with Crippen LogP contribution in [-0.4, -0.2) is 35.8 Å². The Morgan fingerprint density at radius 2 is 2.27 bits per heavy atom. The summed E-state index contributed by atoms with van der Waals surface area (Å²) in [6.45, 7) is 0.642. The zero-order valence-corrected chi connectivity index (χ0v) is 8.51. The van der Waals surface area contributed by atoms with E-state index in [4.69, 9.17) is 9.84 Å². The second-order valence-electron chi connectivity index (χ2n) is 3.08.